The van der Waals surface area contributed by atoms with Crippen molar-refractivity contribution < 1.29 is 19.1 Å². The van der Waals surface area contributed by atoms with Crippen molar-refractivity contribution in [1.29, 1.82) is 0 Å². The summed E-state index contributed by atoms with van der Waals surface area (Å²) in [5.74, 6) is -1.07. The smallest absolute Gasteiger partial charge is 0.345 e. The van der Waals surface area contributed by atoms with E-state index in [0.29, 0.717) is 13.2 Å². The Balaban J connectivity index is 4.53. The first-order valence-electron chi connectivity index (χ1n) is 7.08. The molecule has 0 aromatic rings. The maximum atomic E-state index is 11.8. The van der Waals surface area contributed by atoms with Crippen molar-refractivity contribution in [1.82, 2.24) is 0 Å². The molecule has 0 heterocycles. The van der Waals surface area contributed by atoms with Crippen LogP contribution in [0.3, 0.4) is 0 Å². The molecule has 0 rings (SSSR count). The molecule has 0 fully saturated rings. The number of carbonyl (C=O) groups is 2. The van der Waals surface area contributed by atoms with Gasteiger partial charge >= 0.3 is 11.9 Å². The Morgan fingerprint density at radius 2 is 1.37 bits per heavy atom. The number of ether oxygens (including phenoxy) is 2. The van der Waals surface area contributed by atoms with Gasteiger partial charge in [-0.1, -0.05) is 46.6 Å². The summed E-state index contributed by atoms with van der Waals surface area (Å²) in [6.45, 7) is 8.51. The SMILES string of the molecule is CCCCOC(=O)C(=CC(C)C)C(=O)OCCCC. The van der Waals surface area contributed by atoms with Crippen LogP contribution in [-0.4, -0.2) is 25.2 Å². The Morgan fingerprint density at radius 1 is 0.947 bits per heavy atom. The first kappa shape index (κ1) is 17.7. The lowest BCUT2D eigenvalue weighted by molar-refractivity contribution is -0.147. The number of esters is 2. The quantitative estimate of drug-likeness (QED) is 0.212. The molecule has 0 spiro atoms. The summed E-state index contributed by atoms with van der Waals surface area (Å²) in [5, 5.41) is 0. The van der Waals surface area contributed by atoms with E-state index in [1.165, 1.54) is 0 Å². The molecule has 0 aliphatic carbocycles. The van der Waals surface area contributed by atoms with Crippen LogP contribution in [0.15, 0.2) is 11.6 Å². The van der Waals surface area contributed by atoms with E-state index in [4.69, 9.17) is 9.47 Å². The Bertz CT molecular complexity index is 281. The highest BCUT2D eigenvalue weighted by atomic mass is 16.6. The molecule has 4 heteroatoms. The fraction of sp³-hybridized carbons (Fsp3) is 0.733. The van der Waals surface area contributed by atoms with Gasteiger partial charge in [-0.15, -0.1) is 0 Å². The fourth-order valence-electron chi connectivity index (χ4n) is 1.33. The fourth-order valence-corrected chi connectivity index (χ4v) is 1.33. The number of rotatable bonds is 9. The molecular weight excluding hydrogens is 244 g/mol. The van der Waals surface area contributed by atoms with Crippen LogP contribution in [0, 0.1) is 5.92 Å². The predicted octanol–water partition coefficient (Wildman–Crippen LogP) is 3.26. The second-order valence-corrected chi connectivity index (χ2v) is 4.80. The maximum Gasteiger partial charge on any atom is 0.345 e. The van der Waals surface area contributed by atoms with Gasteiger partial charge in [0.2, 0.25) is 0 Å². The van der Waals surface area contributed by atoms with Crippen LogP contribution >= 0.6 is 0 Å². The summed E-state index contributed by atoms with van der Waals surface area (Å²) in [7, 11) is 0. The first-order chi connectivity index (χ1) is 9.02. The Kier molecular flexibility index (Phi) is 9.85. The van der Waals surface area contributed by atoms with Gasteiger partial charge in [-0.25, -0.2) is 9.59 Å². The lowest BCUT2D eigenvalue weighted by Gasteiger charge is -2.09. The number of allylic oxidation sites excluding steroid dienone is 1. The number of carbonyl (C=O) groups excluding carboxylic acids is 2. The number of unbranched alkanes of at least 4 members (excludes halogenated alkanes) is 2. The van der Waals surface area contributed by atoms with E-state index in [-0.39, 0.29) is 11.5 Å². The van der Waals surface area contributed by atoms with E-state index >= 15 is 0 Å². The molecule has 19 heavy (non-hydrogen) atoms. The minimum Gasteiger partial charge on any atom is -0.462 e. The third-order valence-corrected chi connectivity index (χ3v) is 2.40. The Labute approximate surface area is 116 Å². The van der Waals surface area contributed by atoms with Crippen LogP contribution in [0.25, 0.3) is 0 Å². The normalized spacial score (nSPS) is 10.2. The number of hydrogen-bond acceptors (Lipinski definition) is 4. The van der Waals surface area contributed by atoms with Crippen molar-refractivity contribution in [2.75, 3.05) is 13.2 Å². The van der Waals surface area contributed by atoms with Crippen molar-refractivity contribution in [3.8, 4) is 0 Å². The van der Waals surface area contributed by atoms with Crippen LogP contribution in [0.4, 0.5) is 0 Å². The molecule has 110 valence electrons. The van der Waals surface area contributed by atoms with E-state index in [1.807, 2.05) is 27.7 Å². The van der Waals surface area contributed by atoms with Crippen molar-refractivity contribution >= 4 is 11.9 Å². The van der Waals surface area contributed by atoms with E-state index < -0.39 is 11.9 Å². The average Bonchev–Trinajstić information content (AvgIpc) is 2.36. The van der Waals surface area contributed by atoms with E-state index in [9.17, 15) is 9.59 Å². The van der Waals surface area contributed by atoms with Gasteiger partial charge in [-0.05, 0) is 18.8 Å². The molecular formula is C15H26O4. The Morgan fingerprint density at radius 3 is 1.68 bits per heavy atom. The van der Waals surface area contributed by atoms with Crippen molar-refractivity contribution in [2.45, 2.75) is 53.4 Å². The van der Waals surface area contributed by atoms with Gasteiger partial charge in [0, 0.05) is 0 Å². The first-order valence-corrected chi connectivity index (χ1v) is 7.08. The average molecular weight is 270 g/mol. The third-order valence-electron chi connectivity index (χ3n) is 2.40. The van der Waals surface area contributed by atoms with Crippen LogP contribution in [-0.2, 0) is 19.1 Å². The zero-order valence-electron chi connectivity index (χ0n) is 12.5. The Hall–Kier alpha value is -1.32. The zero-order chi connectivity index (χ0) is 14.7. The van der Waals surface area contributed by atoms with Gasteiger partial charge in [0.05, 0.1) is 13.2 Å². The minimum atomic E-state index is -0.580. The standard InChI is InChI=1S/C15H26O4/c1-5-7-9-18-14(16)13(11-12(3)4)15(17)19-10-8-6-2/h11-12H,5-10H2,1-4H3. The lowest BCUT2D eigenvalue weighted by atomic mass is 10.1. The lowest BCUT2D eigenvalue weighted by Crippen LogP contribution is -2.20. The topological polar surface area (TPSA) is 52.6 Å². The summed E-state index contributed by atoms with van der Waals surface area (Å²) >= 11 is 0. The summed E-state index contributed by atoms with van der Waals surface area (Å²) in [5.41, 5.74) is 0.0159. The van der Waals surface area contributed by atoms with E-state index in [1.54, 1.807) is 6.08 Å². The van der Waals surface area contributed by atoms with Crippen LogP contribution in [0.1, 0.15) is 53.4 Å². The van der Waals surface area contributed by atoms with Gasteiger partial charge in [-0.3, -0.25) is 0 Å². The highest BCUT2D eigenvalue weighted by Gasteiger charge is 2.21. The van der Waals surface area contributed by atoms with Gasteiger partial charge in [-0.2, -0.15) is 0 Å². The summed E-state index contributed by atoms with van der Waals surface area (Å²) in [6.07, 6.45) is 5.08. The molecule has 4 nitrogen and oxygen atoms in total. The molecule has 0 aliphatic rings. The van der Waals surface area contributed by atoms with Crippen molar-refractivity contribution in [3.63, 3.8) is 0 Å². The minimum absolute atomic E-state index is 0.0159. The predicted molar refractivity (Wildman–Crippen MR) is 74.7 cm³/mol. The molecule has 0 radical (unpaired) electrons. The molecule has 0 unspecified atom stereocenters. The highest BCUT2D eigenvalue weighted by Crippen LogP contribution is 2.08. The van der Waals surface area contributed by atoms with Crippen LogP contribution in [0.2, 0.25) is 0 Å². The van der Waals surface area contributed by atoms with E-state index in [2.05, 4.69) is 0 Å². The van der Waals surface area contributed by atoms with Crippen molar-refractivity contribution in [3.05, 3.63) is 11.6 Å². The van der Waals surface area contributed by atoms with Crippen molar-refractivity contribution in [2.24, 2.45) is 5.92 Å². The van der Waals surface area contributed by atoms with Crippen LogP contribution < -0.4 is 0 Å². The molecule has 0 aromatic carbocycles. The zero-order valence-corrected chi connectivity index (χ0v) is 12.5. The maximum absolute atomic E-state index is 11.8. The van der Waals surface area contributed by atoms with Gasteiger partial charge in [0.25, 0.3) is 0 Å². The molecule has 0 atom stereocenters. The molecule has 0 amide bonds. The summed E-state index contributed by atoms with van der Waals surface area (Å²) in [4.78, 5) is 23.7. The van der Waals surface area contributed by atoms with Gasteiger partial charge in [0.1, 0.15) is 5.57 Å². The largest absolute Gasteiger partial charge is 0.462 e. The van der Waals surface area contributed by atoms with Crippen LogP contribution in [0.5, 0.6) is 0 Å². The van der Waals surface area contributed by atoms with Gasteiger partial charge in [0.15, 0.2) is 0 Å². The third kappa shape index (κ3) is 8.41. The second-order valence-electron chi connectivity index (χ2n) is 4.80. The second kappa shape index (κ2) is 10.6. The summed E-state index contributed by atoms with van der Waals surface area (Å²) < 4.78 is 10.1. The highest BCUT2D eigenvalue weighted by molar-refractivity contribution is 6.14. The molecule has 0 bridgehead atoms. The molecule has 0 saturated carbocycles. The molecule has 0 saturated heterocycles. The monoisotopic (exact) mass is 270 g/mol. The molecule has 0 aromatic heterocycles. The number of hydrogen-bond donors (Lipinski definition) is 0. The van der Waals surface area contributed by atoms with E-state index in [0.717, 1.165) is 25.7 Å². The molecule has 0 N–H and O–H groups in total. The molecule has 0 aliphatic heterocycles. The van der Waals surface area contributed by atoms with Gasteiger partial charge < -0.3 is 9.47 Å². The summed E-state index contributed by atoms with van der Waals surface area (Å²) in [6, 6.07) is 0.